The first-order chi connectivity index (χ1) is 15.5. The zero-order valence-electron chi connectivity index (χ0n) is 21.7. The summed E-state index contributed by atoms with van der Waals surface area (Å²) < 4.78 is 10.3. The normalized spacial score (nSPS) is 13.2. The van der Waals surface area contributed by atoms with E-state index in [4.69, 9.17) is 2.81 Å². The standard InChI is InChI=1S/3C10H13.CH3O.Zr/c3*1-10(2,3)9-7-5-4-6-8-9;1-2;/h3*4-8H,1H2,2-3H3;1H3;/q;;;-1;+1. The van der Waals surface area contributed by atoms with Crippen molar-refractivity contribution in [3.8, 4) is 0 Å². The van der Waals surface area contributed by atoms with Gasteiger partial charge in [0.2, 0.25) is 0 Å². The van der Waals surface area contributed by atoms with Crippen molar-refractivity contribution in [2.45, 2.75) is 70.2 Å². The molecule has 0 fully saturated rings. The quantitative estimate of drug-likeness (QED) is 0.259. The molecule has 2 heteroatoms. The molecule has 3 rings (SSSR count). The molecule has 0 atom stereocenters. The molecule has 0 unspecified atom stereocenters. The van der Waals surface area contributed by atoms with Crippen molar-refractivity contribution in [3.63, 3.8) is 0 Å². The Morgan fingerprint density at radius 2 is 0.727 bits per heavy atom. The third-order valence-electron chi connectivity index (χ3n) is 7.39. The van der Waals surface area contributed by atoms with Gasteiger partial charge < -0.3 is 0 Å². The summed E-state index contributed by atoms with van der Waals surface area (Å²) in [6.45, 7) is 14.5. The van der Waals surface area contributed by atoms with Gasteiger partial charge in [-0.05, 0) is 0 Å². The van der Waals surface area contributed by atoms with Crippen LogP contribution in [0.25, 0.3) is 0 Å². The minimum absolute atomic E-state index is 0.0763. The molecule has 0 saturated heterocycles. The van der Waals surface area contributed by atoms with E-state index in [-0.39, 0.29) is 16.2 Å². The molecule has 0 amide bonds. The molecule has 0 heterocycles. The second-order valence-electron chi connectivity index (χ2n) is 11.7. The van der Waals surface area contributed by atoms with Gasteiger partial charge in [-0.2, -0.15) is 0 Å². The molecule has 0 aliphatic carbocycles. The van der Waals surface area contributed by atoms with E-state index in [2.05, 4.69) is 133 Å². The number of rotatable bonds is 10. The summed E-state index contributed by atoms with van der Waals surface area (Å²) in [6, 6.07) is 33.1. The summed E-state index contributed by atoms with van der Waals surface area (Å²) in [5, 5.41) is 0. The van der Waals surface area contributed by atoms with E-state index in [1.54, 1.807) is 0 Å². The van der Waals surface area contributed by atoms with Crippen molar-refractivity contribution < 1.29 is 23.5 Å². The van der Waals surface area contributed by atoms with Gasteiger partial charge in [0.1, 0.15) is 0 Å². The van der Waals surface area contributed by atoms with Crippen molar-refractivity contribution in [3.05, 3.63) is 108 Å². The van der Waals surface area contributed by atoms with Crippen LogP contribution in [0.15, 0.2) is 91.0 Å². The van der Waals surface area contributed by atoms with Crippen molar-refractivity contribution >= 4 is 0 Å². The van der Waals surface area contributed by atoms with E-state index in [1.807, 2.05) is 7.11 Å². The van der Waals surface area contributed by atoms with Crippen LogP contribution in [-0.2, 0) is 39.8 Å². The molecule has 0 bridgehead atoms. The SMILES string of the molecule is C[O][Zr]([CH2]C(C)(C)c1ccccc1)([CH2]C(C)(C)c1ccccc1)[CH2]C(C)(C)c1ccccc1. The summed E-state index contributed by atoms with van der Waals surface area (Å²) in [5.74, 6) is 0. The topological polar surface area (TPSA) is 9.23 Å². The summed E-state index contributed by atoms with van der Waals surface area (Å²) in [7, 11) is 2.01. The first-order valence-electron chi connectivity index (χ1n) is 12.2. The van der Waals surface area contributed by atoms with E-state index in [9.17, 15) is 0 Å². The Morgan fingerprint density at radius 3 is 0.939 bits per heavy atom. The van der Waals surface area contributed by atoms with Gasteiger partial charge in [-0.3, -0.25) is 0 Å². The molecule has 33 heavy (non-hydrogen) atoms. The van der Waals surface area contributed by atoms with Crippen LogP contribution in [-0.4, -0.2) is 7.11 Å². The van der Waals surface area contributed by atoms with Crippen LogP contribution >= 0.6 is 0 Å². The molecule has 0 aromatic heterocycles. The summed E-state index contributed by atoms with van der Waals surface area (Å²) in [6.07, 6.45) is 0. The number of hydrogen-bond acceptors (Lipinski definition) is 1. The van der Waals surface area contributed by atoms with Crippen LogP contribution in [0.4, 0.5) is 0 Å². The molecular formula is C31H42OZr. The van der Waals surface area contributed by atoms with Crippen molar-refractivity contribution in [2.75, 3.05) is 7.11 Å². The maximum absolute atomic E-state index is 6.82. The predicted octanol–water partition coefficient (Wildman–Crippen LogP) is 8.89. The van der Waals surface area contributed by atoms with Gasteiger partial charge in [0.15, 0.2) is 0 Å². The molecule has 176 valence electrons. The van der Waals surface area contributed by atoms with Crippen LogP contribution in [0, 0.1) is 0 Å². The van der Waals surface area contributed by atoms with Crippen molar-refractivity contribution in [2.24, 2.45) is 0 Å². The molecular weight excluding hydrogens is 480 g/mol. The average Bonchev–Trinajstić information content (AvgIpc) is 2.80. The van der Waals surface area contributed by atoms with Gasteiger partial charge in [-0.15, -0.1) is 0 Å². The molecule has 0 saturated carbocycles. The average molecular weight is 522 g/mol. The molecule has 1 nitrogen and oxygen atoms in total. The third kappa shape index (κ3) is 6.55. The van der Waals surface area contributed by atoms with E-state index in [1.165, 1.54) is 16.7 Å². The molecule has 0 spiro atoms. The second-order valence-corrected chi connectivity index (χ2v) is 21.1. The Balaban J connectivity index is 2.04. The van der Waals surface area contributed by atoms with Gasteiger partial charge in [0.25, 0.3) is 0 Å². The summed E-state index contributed by atoms with van der Waals surface area (Å²) in [5.41, 5.74) is 4.47. The summed E-state index contributed by atoms with van der Waals surface area (Å²) in [4.78, 5) is 0. The van der Waals surface area contributed by atoms with E-state index in [0.717, 1.165) is 12.4 Å². The van der Waals surface area contributed by atoms with Gasteiger partial charge in [0, 0.05) is 0 Å². The molecule has 0 aliphatic rings. The fourth-order valence-electron chi connectivity index (χ4n) is 5.79. The van der Waals surface area contributed by atoms with Gasteiger partial charge >= 0.3 is 208 Å². The van der Waals surface area contributed by atoms with Gasteiger partial charge in [-0.25, -0.2) is 0 Å². The summed E-state index contributed by atoms with van der Waals surface area (Å²) >= 11 is -3.21. The molecule has 0 radical (unpaired) electrons. The molecule has 3 aromatic rings. The van der Waals surface area contributed by atoms with Crippen LogP contribution in [0.1, 0.15) is 58.2 Å². The van der Waals surface area contributed by atoms with Gasteiger partial charge in [-0.1, -0.05) is 0 Å². The Bertz CT molecular complexity index is 861. The van der Waals surface area contributed by atoms with E-state index in [0.29, 0.717) is 0 Å². The van der Waals surface area contributed by atoms with Crippen LogP contribution < -0.4 is 0 Å². The Hall–Kier alpha value is -1.50. The zero-order chi connectivity index (χ0) is 24.2. The van der Waals surface area contributed by atoms with Crippen LogP contribution in [0.2, 0.25) is 12.4 Å². The Morgan fingerprint density at radius 1 is 0.485 bits per heavy atom. The molecule has 3 aromatic carbocycles. The molecule has 0 N–H and O–H groups in total. The third-order valence-corrected chi connectivity index (χ3v) is 20.8. The fourth-order valence-corrected chi connectivity index (χ4v) is 21.2. The maximum atomic E-state index is 6.82. The zero-order valence-corrected chi connectivity index (χ0v) is 24.1. The fraction of sp³-hybridized carbons (Fsp3) is 0.419. The van der Waals surface area contributed by atoms with Crippen molar-refractivity contribution in [1.29, 1.82) is 0 Å². The van der Waals surface area contributed by atoms with Crippen LogP contribution in [0.3, 0.4) is 0 Å². The number of hydrogen-bond donors (Lipinski definition) is 0. The number of benzene rings is 3. The second kappa shape index (κ2) is 10.4. The van der Waals surface area contributed by atoms with Crippen LogP contribution in [0.5, 0.6) is 0 Å². The Labute approximate surface area is 207 Å². The van der Waals surface area contributed by atoms with Crippen molar-refractivity contribution in [1.82, 2.24) is 0 Å². The monoisotopic (exact) mass is 520 g/mol. The predicted molar refractivity (Wildman–Crippen MR) is 140 cm³/mol. The molecule has 0 aliphatic heterocycles. The Kier molecular flexibility index (Phi) is 8.24. The van der Waals surface area contributed by atoms with E-state index >= 15 is 0 Å². The van der Waals surface area contributed by atoms with E-state index < -0.39 is 20.7 Å². The van der Waals surface area contributed by atoms with Gasteiger partial charge in [0.05, 0.1) is 0 Å². The first kappa shape index (κ1) is 26.1. The minimum atomic E-state index is -3.21. The first-order valence-corrected chi connectivity index (χ1v) is 18.4.